The standard InChI is InChI=1S/C16H17N.C12H21NO2.C8H16O/c1-17-12-15-8-3-2-6-13(15)10-11-14-7-4-5-9-16(14)17;1-2-3-4-5-6-7-10-13-12(15)9-8-11-14;1-3-4-5-6-7-8(2)9/h3-5,7-11H,2,6,12H2,1H3;2,11H,1,3-10H2,(H,13,15);3-7H2,1-2H3/b11-10-;;. The van der Waals surface area contributed by atoms with Gasteiger partial charge in [-0.05, 0) is 68.2 Å². The van der Waals surface area contributed by atoms with Gasteiger partial charge in [0.05, 0.1) is 0 Å². The van der Waals surface area contributed by atoms with Crippen LogP contribution in [-0.2, 0) is 14.4 Å². The third-order valence-electron chi connectivity index (χ3n) is 7.06. The molecule has 1 amide bonds. The Labute approximate surface area is 249 Å². The second-order valence-electron chi connectivity index (χ2n) is 10.8. The molecular formula is C36H54N2O3. The van der Waals surface area contributed by atoms with Crippen molar-refractivity contribution < 1.29 is 14.4 Å². The number of hydrogen-bond donors (Lipinski definition) is 1. The summed E-state index contributed by atoms with van der Waals surface area (Å²) >= 11 is 0. The fourth-order valence-electron chi connectivity index (χ4n) is 4.66. The van der Waals surface area contributed by atoms with Crippen LogP contribution in [0, 0.1) is 0 Å². The lowest BCUT2D eigenvalue weighted by Gasteiger charge is -2.26. The molecule has 5 heteroatoms. The molecule has 1 aromatic carbocycles. The van der Waals surface area contributed by atoms with E-state index >= 15 is 0 Å². The zero-order chi connectivity index (χ0) is 30.1. The minimum Gasteiger partial charge on any atom is -0.370 e. The number of amides is 1. The Bertz CT molecular complexity index is 1010. The summed E-state index contributed by atoms with van der Waals surface area (Å²) in [5, 5.41) is 2.79. The lowest BCUT2D eigenvalue weighted by Crippen LogP contribution is -2.24. The van der Waals surface area contributed by atoms with E-state index in [1.165, 1.54) is 67.3 Å². The highest BCUT2D eigenvalue weighted by atomic mass is 16.1. The summed E-state index contributed by atoms with van der Waals surface area (Å²) in [6.07, 6.45) is 26.0. The summed E-state index contributed by atoms with van der Waals surface area (Å²) in [5.41, 5.74) is 5.59. The van der Waals surface area contributed by atoms with Crippen molar-refractivity contribution in [3.63, 3.8) is 0 Å². The second kappa shape index (κ2) is 23.5. The number of para-hydroxylation sites is 1. The number of carbonyl (C=O) groups is 3. The van der Waals surface area contributed by atoms with Crippen LogP contribution in [0.15, 0.2) is 66.3 Å². The van der Waals surface area contributed by atoms with Gasteiger partial charge in [0, 0.05) is 45.1 Å². The first kappa shape index (κ1) is 35.8. The van der Waals surface area contributed by atoms with Gasteiger partial charge in [0.15, 0.2) is 0 Å². The summed E-state index contributed by atoms with van der Waals surface area (Å²) in [7, 11) is 2.17. The Hall–Kier alpha value is -3.21. The lowest BCUT2D eigenvalue weighted by molar-refractivity contribution is -0.122. The van der Waals surface area contributed by atoms with E-state index < -0.39 is 0 Å². The number of benzene rings is 1. The molecule has 0 unspecified atom stereocenters. The number of aldehydes is 1. The number of nitrogens with zero attached hydrogens (tertiary/aromatic N) is 1. The van der Waals surface area contributed by atoms with Gasteiger partial charge < -0.3 is 19.8 Å². The van der Waals surface area contributed by atoms with Crippen LogP contribution >= 0.6 is 0 Å². The first-order chi connectivity index (χ1) is 19.9. The quantitative estimate of drug-likeness (QED) is 0.132. The molecule has 0 spiro atoms. The number of unbranched alkanes of at least 4 members (excludes halogenated alkanes) is 7. The summed E-state index contributed by atoms with van der Waals surface area (Å²) in [5.74, 6) is 0.305. The topological polar surface area (TPSA) is 66.5 Å². The number of likely N-dealkylation sites (N-methyl/N-ethyl adjacent to an activating group) is 1. The van der Waals surface area contributed by atoms with E-state index in [9.17, 15) is 14.4 Å². The summed E-state index contributed by atoms with van der Waals surface area (Å²) in [6.45, 7) is 9.23. The normalized spacial score (nSPS) is 14.1. The minimum absolute atomic E-state index is 0.0202. The molecule has 3 rings (SSSR count). The maximum absolute atomic E-state index is 11.1. The van der Waals surface area contributed by atoms with Gasteiger partial charge in [-0.15, -0.1) is 6.58 Å². The molecule has 0 radical (unpaired) electrons. The van der Waals surface area contributed by atoms with Crippen LogP contribution in [0.3, 0.4) is 0 Å². The zero-order valence-electron chi connectivity index (χ0n) is 26.0. The highest BCUT2D eigenvalue weighted by molar-refractivity contribution is 5.78. The van der Waals surface area contributed by atoms with Gasteiger partial charge in [-0.25, -0.2) is 0 Å². The maximum Gasteiger partial charge on any atom is 0.220 e. The fraction of sp³-hybridized carbons (Fsp3) is 0.528. The average molecular weight is 563 g/mol. The van der Waals surface area contributed by atoms with E-state index in [0.29, 0.717) is 18.6 Å². The molecule has 0 saturated heterocycles. The van der Waals surface area contributed by atoms with Gasteiger partial charge in [-0.3, -0.25) is 4.79 Å². The Morgan fingerprint density at radius 2 is 1.68 bits per heavy atom. The summed E-state index contributed by atoms with van der Waals surface area (Å²) in [4.78, 5) is 33.8. The van der Waals surface area contributed by atoms with E-state index in [4.69, 9.17) is 0 Å². The Kier molecular flexibility index (Phi) is 20.5. The number of ketones is 1. The summed E-state index contributed by atoms with van der Waals surface area (Å²) < 4.78 is 0. The molecule has 2 aliphatic rings. The highest BCUT2D eigenvalue weighted by Gasteiger charge is 2.13. The van der Waals surface area contributed by atoms with Crippen molar-refractivity contribution in [3.8, 4) is 0 Å². The van der Waals surface area contributed by atoms with Crippen LogP contribution in [0.2, 0.25) is 0 Å². The van der Waals surface area contributed by atoms with E-state index in [2.05, 4.69) is 79.3 Å². The van der Waals surface area contributed by atoms with Crippen molar-refractivity contribution in [2.24, 2.45) is 0 Å². The minimum atomic E-state index is -0.0202. The molecule has 41 heavy (non-hydrogen) atoms. The van der Waals surface area contributed by atoms with E-state index in [1.54, 1.807) is 6.92 Å². The third-order valence-corrected chi connectivity index (χ3v) is 7.06. The first-order valence-corrected chi connectivity index (χ1v) is 15.6. The largest absolute Gasteiger partial charge is 0.370 e. The molecule has 0 fully saturated rings. The van der Waals surface area contributed by atoms with Crippen LogP contribution in [0.25, 0.3) is 6.08 Å². The van der Waals surface area contributed by atoms with Gasteiger partial charge in [0.2, 0.25) is 5.91 Å². The molecule has 0 saturated carbocycles. The molecule has 1 aliphatic heterocycles. The van der Waals surface area contributed by atoms with Gasteiger partial charge >= 0.3 is 0 Å². The molecule has 0 aromatic heterocycles. The number of nitrogens with one attached hydrogen (secondary N) is 1. The number of fused-ring (bicyclic) bond motifs is 1. The first-order valence-electron chi connectivity index (χ1n) is 15.6. The van der Waals surface area contributed by atoms with Crippen molar-refractivity contribution >= 4 is 29.7 Å². The predicted octanol–water partition coefficient (Wildman–Crippen LogP) is 8.56. The van der Waals surface area contributed by atoms with Crippen LogP contribution in [-0.4, -0.2) is 38.1 Å². The van der Waals surface area contributed by atoms with Gasteiger partial charge in [-0.2, -0.15) is 0 Å². The van der Waals surface area contributed by atoms with E-state index in [0.717, 1.165) is 51.5 Å². The molecular weight excluding hydrogens is 508 g/mol. The average Bonchev–Trinajstić information content (AvgIpc) is 2.97. The molecule has 1 N–H and O–H groups in total. The lowest BCUT2D eigenvalue weighted by atomic mass is 9.94. The summed E-state index contributed by atoms with van der Waals surface area (Å²) in [6, 6.07) is 8.59. The van der Waals surface area contributed by atoms with Gasteiger partial charge in [0.25, 0.3) is 0 Å². The van der Waals surface area contributed by atoms with Crippen LogP contribution in [0.5, 0.6) is 0 Å². The monoisotopic (exact) mass is 562 g/mol. The Balaban J connectivity index is 0.000000324. The predicted molar refractivity (Wildman–Crippen MR) is 175 cm³/mol. The van der Waals surface area contributed by atoms with Crippen LogP contribution in [0.4, 0.5) is 5.69 Å². The Morgan fingerprint density at radius 1 is 0.927 bits per heavy atom. The van der Waals surface area contributed by atoms with Crippen molar-refractivity contribution in [1.29, 1.82) is 0 Å². The molecule has 0 bridgehead atoms. The molecule has 5 nitrogen and oxygen atoms in total. The van der Waals surface area contributed by atoms with Crippen molar-refractivity contribution in [2.45, 2.75) is 104 Å². The number of Topliss-reactive ketones (excluding diaryl/α,β-unsaturated/α-hetero) is 1. The van der Waals surface area contributed by atoms with Crippen molar-refractivity contribution in [1.82, 2.24) is 5.32 Å². The van der Waals surface area contributed by atoms with E-state index in [1.807, 2.05) is 6.08 Å². The second-order valence-corrected chi connectivity index (χ2v) is 10.8. The fourth-order valence-corrected chi connectivity index (χ4v) is 4.66. The highest BCUT2D eigenvalue weighted by Crippen LogP contribution is 2.29. The molecule has 1 aromatic rings. The molecule has 0 atom stereocenters. The number of rotatable bonds is 15. The van der Waals surface area contributed by atoms with Crippen LogP contribution < -0.4 is 10.2 Å². The maximum atomic E-state index is 11.1. The number of allylic oxidation sites excluding steroid dienone is 4. The van der Waals surface area contributed by atoms with Crippen molar-refractivity contribution in [3.05, 3.63) is 71.9 Å². The van der Waals surface area contributed by atoms with Crippen LogP contribution in [0.1, 0.15) is 109 Å². The molecule has 226 valence electrons. The van der Waals surface area contributed by atoms with Gasteiger partial charge in [-0.1, -0.05) is 87.6 Å². The smallest absolute Gasteiger partial charge is 0.220 e. The zero-order valence-corrected chi connectivity index (χ0v) is 26.0. The SMILES string of the molecule is C=CCCCCCCNC(=O)CCC=O.CCCCCCC(C)=O.CN1CC2=C(/C=C\c3ccccc31)CCC=C2. The van der Waals surface area contributed by atoms with Crippen molar-refractivity contribution in [2.75, 3.05) is 25.0 Å². The number of hydrogen-bond acceptors (Lipinski definition) is 4. The number of anilines is 1. The third kappa shape index (κ3) is 17.3. The molecule has 1 aliphatic carbocycles. The molecule has 1 heterocycles. The Morgan fingerprint density at radius 3 is 2.41 bits per heavy atom. The van der Waals surface area contributed by atoms with E-state index in [-0.39, 0.29) is 5.91 Å². The van der Waals surface area contributed by atoms with Gasteiger partial charge in [0.1, 0.15) is 12.1 Å². The number of carbonyl (C=O) groups excluding carboxylic acids is 3.